The van der Waals surface area contributed by atoms with Gasteiger partial charge in [0.2, 0.25) is 5.91 Å². The number of carbonyl (C=O) groups is 2. The molecule has 0 saturated heterocycles. The molecule has 156 valence electrons. The summed E-state index contributed by atoms with van der Waals surface area (Å²) in [5, 5.41) is 3.26. The maximum atomic E-state index is 13.0. The predicted octanol–water partition coefficient (Wildman–Crippen LogP) is 4.60. The summed E-state index contributed by atoms with van der Waals surface area (Å²) in [7, 11) is 1.57. The molecule has 0 unspecified atom stereocenters. The Kier molecular flexibility index (Phi) is 8.99. The molecule has 1 N–H and O–H groups in total. The van der Waals surface area contributed by atoms with E-state index in [0.717, 1.165) is 16.5 Å². The zero-order chi connectivity index (χ0) is 21.4. The number of ether oxygens (including phenoxy) is 1. The molecule has 0 spiro atoms. The van der Waals surface area contributed by atoms with E-state index in [0.29, 0.717) is 23.7 Å². The molecule has 5 nitrogen and oxygen atoms in total. The maximum Gasteiger partial charge on any atom is 0.261 e. The first-order chi connectivity index (χ1) is 13.9. The van der Waals surface area contributed by atoms with E-state index in [2.05, 4.69) is 28.2 Å². The molecule has 1 atom stereocenters. The Morgan fingerprint density at radius 2 is 1.79 bits per heavy atom. The van der Waals surface area contributed by atoms with Gasteiger partial charge in [-0.2, -0.15) is 0 Å². The Morgan fingerprint density at radius 3 is 2.34 bits per heavy atom. The highest BCUT2D eigenvalue weighted by Crippen LogP contribution is 2.26. The number of amides is 2. The normalized spacial score (nSPS) is 11.6. The Bertz CT molecular complexity index is 842. The smallest absolute Gasteiger partial charge is 0.261 e. The summed E-state index contributed by atoms with van der Waals surface area (Å²) in [4.78, 5) is 26.9. The molecule has 7 heteroatoms. The first-order valence-corrected chi connectivity index (χ1v) is 10.7. The lowest BCUT2D eigenvalue weighted by molar-refractivity contribution is -0.142. The van der Waals surface area contributed by atoms with Crippen molar-refractivity contribution in [2.75, 3.05) is 13.7 Å². The molecule has 0 saturated carbocycles. The average molecular weight is 482 g/mol. The van der Waals surface area contributed by atoms with Crippen LogP contribution in [-0.4, -0.2) is 36.4 Å². The van der Waals surface area contributed by atoms with Gasteiger partial charge in [-0.1, -0.05) is 43.6 Å². The van der Waals surface area contributed by atoms with Gasteiger partial charge in [0.1, 0.15) is 11.8 Å². The molecule has 0 bridgehead atoms. The van der Waals surface area contributed by atoms with Crippen LogP contribution in [0.5, 0.6) is 5.75 Å². The lowest BCUT2D eigenvalue weighted by atomic mass is 10.1. The Morgan fingerprint density at radius 1 is 1.14 bits per heavy atom. The monoisotopic (exact) mass is 480 g/mol. The van der Waals surface area contributed by atoms with Crippen molar-refractivity contribution in [1.29, 1.82) is 0 Å². The predicted molar refractivity (Wildman–Crippen MR) is 119 cm³/mol. The first-order valence-electron chi connectivity index (χ1n) is 9.56. The summed E-state index contributed by atoms with van der Waals surface area (Å²) in [5.74, 6) is 0.125. The maximum absolute atomic E-state index is 13.0. The van der Waals surface area contributed by atoms with Gasteiger partial charge in [0.05, 0.1) is 4.47 Å². The van der Waals surface area contributed by atoms with Crippen LogP contribution in [-0.2, 0) is 22.6 Å². The summed E-state index contributed by atoms with van der Waals surface area (Å²) in [6.07, 6.45) is 1.41. The molecule has 2 aromatic carbocycles. The van der Waals surface area contributed by atoms with E-state index in [1.54, 1.807) is 24.1 Å². The van der Waals surface area contributed by atoms with E-state index in [9.17, 15) is 9.59 Å². The van der Waals surface area contributed by atoms with Crippen molar-refractivity contribution in [3.8, 4) is 5.75 Å². The summed E-state index contributed by atoms with van der Waals surface area (Å²) < 4.78 is 6.55. The number of rotatable bonds is 9. The van der Waals surface area contributed by atoms with Gasteiger partial charge in [-0.3, -0.25) is 9.59 Å². The second-order valence-electron chi connectivity index (χ2n) is 6.59. The molecule has 2 rings (SSSR count). The molecule has 0 fully saturated rings. The largest absolute Gasteiger partial charge is 0.483 e. The Labute approximate surface area is 185 Å². The third-order valence-corrected chi connectivity index (χ3v) is 5.53. The van der Waals surface area contributed by atoms with E-state index >= 15 is 0 Å². The minimum absolute atomic E-state index is 0.162. The number of hydrogen-bond acceptors (Lipinski definition) is 3. The summed E-state index contributed by atoms with van der Waals surface area (Å²) >= 11 is 9.44. The number of hydrogen-bond donors (Lipinski definition) is 1. The number of halogens is 2. The van der Waals surface area contributed by atoms with Crippen molar-refractivity contribution in [1.82, 2.24) is 10.2 Å². The molecule has 0 aliphatic carbocycles. The van der Waals surface area contributed by atoms with Crippen molar-refractivity contribution >= 4 is 39.3 Å². The number of nitrogens with one attached hydrogen (secondary N) is 1. The van der Waals surface area contributed by atoms with Gasteiger partial charge in [-0.05, 0) is 64.2 Å². The number of nitrogens with zero attached hydrogens (tertiary/aromatic N) is 1. The molecule has 0 aliphatic heterocycles. The van der Waals surface area contributed by atoms with E-state index in [1.165, 1.54) is 5.56 Å². The Hall–Kier alpha value is -2.05. The molecular weight excluding hydrogens is 456 g/mol. The third-order valence-electron chi connectivity index (χ3n) is 4.65. The molecule has 2 amide bonds. The zero-order valence-corrected chi connectivity index (χ0v) is 19.2. The van der Waals surface area contributed by atoms with Crippen LogP contribution in [0.3, 0.4) is 0 Å². The van der Waals surface area contributed by atoms with Gasteiger partial charge in [0.15, 0.2) is 6.61 Å². The van der Waals surface area contributed by atoms with E-state index in [4.69, 9.17) is 16.3 Å². The van der Waals surface area contributed by atoms with E-state index in [1.807, 2.05) is 37.3 Å². The second kappa shape index (κ2) is 11.2. The van der Waals surface area contributed by atoms with Gasteiger partial charge in [-0.15, -0.1) is 0 Å². The number of aryl methyl sites for hydroxylation is 1. The fourth-order valence-electron chi connectivity index (χ4n) is 2.98. The van der Waals surface area contributed by atoms with Crippen LogP contribution >= 0.6 is 27.5 Å². The minimum atomic E-state index is -0.585. The van der Waals surface area contributed by atoms with Crippen molar-refractivity contribution < 1.29 is 14.3 Å². The van der Waals surface area contributed by atoms with Crippen LogP contribution < -0.4 is 10.1 Å². The number of likely N-dealkylation sites (N-methyl/N-ethyl adjacent to an activating group) is 1. The van der Waals surface area contributed by atoms with Crippen LogP contribution in [0.4, 0.5) is 0 Å². The van der Waals surface area contributed by atoms with Crippen molar-refractivity contribution in [3.63, 3.8) is 0 Å². The molecular formula is C22H26BrClN2O3. The highest BCUT2D eigenvalue weighted by molar-refractivity contribution is 9.10. The molecule has 0 heterocycles. The number of carbonyl (C=O) groups excluding carboxylic acids is 2. The Balaban J connectivity index is 2.18. The standard InChI is InChI=1S/C22H26BrClN2O3/c1-4-15-8-11-20(18(23)12-15)29-14-21(27)26(19(5-2)22(28)25-3)13-16-6-9-17(24)10-7-16/h6-12,19H,4-5,13-14H2,1-3H3,(H,25,28)/t19-/m1/s1. The summed E-state index contributed by atoms with van der Waals surface area (Å²) in [6, 6.07) is 12.4. The van der Waals surface area contributed by atoms with Gasteiger partial charge in [-0.25, -0.2) is 0 Å². The first kappa shape index (κ1) is 23.2. The van der Waals surface area contributed by atoms with Gasteiger partial charge in [0.25, 0.3) is 5.91 Å². The summed E-state index contributed by atoms with van der Waals surface area (Å²) in [6.45, 7) is 4.08. The lowest BCUT2D eigenvalue weighted by Gasteiger charge is -2.30. The average Bonchev–Trinajstić information content (AvgIpc) is 2.73. The quantitative estimate of drug-likeness (QED) is 0.569. The van der Waals surface area contributed by atoms with Crippen LogP contribution in [0, 0.1) is 0 Å². The van der Waals surface area contributed by atoms with Crippen molar-refractivity contribution in [2.24, 2.45) is 0 Å². The van der Waals surface area contributed by atoms with Crippen molar-refractivity contribution in [2.45, 2.75) is 39.3 Å². The molecule has 0 radical (unpaired) electrons. The van der Waals surface area contributed by atoms with E-state index < -0.39 is 6.04 Å². The SMILES string of the molecule is CCc1ccc(OCC(=O)N(Cc2ccc(Cl)cc2)[C@H](CC)C(=O)NC)c(Br)c1. The van der Waals surface area contributed by atoms with Gasteiger partial charge in [0, 0.05) is 18.6 Å². The topological polar surface area (TPSA) is 58.6 Å². The van der Waals surface area contributed by atoms with Crippen LogP contribution in [0.15, 0.2) is 46.9 Å². The van der Waals surface area contributed by atoms with Crippen LogP contribution in [0.1, 0.15) is 31.4 Å². The molecule has 29 heavy (non-hydrogen) atoms. The highest BCUT2D eigenvalue weighted by Gasteiger charge is 2.28. The summed E-state index contributed by atoms with van der Waals surface area (Å²) in [5.41, 5.74) is 2.06. The second-order valence-corrected chi connectivity index (χ2v) is 7.88. The molecule has 0 aliphatic rings. The van der Waals surface area contributed by atoms with Crippen molar-refractivity contribution in [3.05, 3.63) is 63.1 Å². The minimum Gasteiger partial charge on any atom is -0.483 e. The van der Waals surface area contributed by atoms with Crippen LogP contribution in [0.25, 0.3) is 0 Å². The molecule has 2 aromatic rings. The van der Waals surface area contributed by atoms with E-state index in [-0.39, 0.29) is 18.4 Å². The van der Waals surface area contributed by atoms with Crippen LogP contribution in [0.2, 0.25) is 5.02 Å². The fraction of sp³-hybridized carbons (Fsp3) is 0.364. The van der Waals surface area contributed by atoms with Gasteiger partial charge < -0.3 is 15.0 Å². The highest BCUT2D eigenvalue weighted by atomic mass is 79.9. The lowest BCUT2D eigenvalue weighted by Crippen LogP contribution is -2.49. The number of benzene rings is 2. The zero-order valence-electron chi connectivity index (χ0n) is 16.9. The molecule has 0 aromatic heterocycles. The third kappa shape index (κ3) is 6.47. The fourth-order valence-corrected chi connectivity index (χ4v) is 3.64. The van der Waals surface area contributed by atoms with Gasteiger partial charge >= 0.3 is 0 Å².